The molecule has 0 radical (unpaired) electrons. The zero-order valence-corrected chi connectivity index (χ0v) is 12.2. The van der Waals surface area contributed by atoms with E-state index in [-0.39, 0.29) is 0 Å². The third-order valence-corrected chi connectivity index (χ3v) is 4.93. The lowest BCUT2D eigenvalue weighted by Gasteiger charge is -2.17. The fourth-order valence-electron chi connectivity index (χ4n) is 1.59. The normalized spacial score (nSPS) is 13.9. The number of benzene rings is 1. The van der Waals surface area contributed by atoms with Gasteiger partial charge in [0, 0.05) is 5.88 Å². The maximum atomic E-state index is 6.12. The van der Waals surface area contributed by atoms with Gasteiger partial charge in [0.15, 0.2) is 0 Å². The van der Waals surface area contributed by atoms with Crippen molar-refractivity contribution in [1.29, 1.82) is 0 Å². The van der Waals surface area contributed by atoms with Crippen LogP contribution in [0.5, 0.6) is 0 Å². The summed E-state index contributed by atoms with van der Waals surface area (Å²) in [6.07, 6.45) is 0. The summed E-state index contributed by atoms with van der Waals surface area (Å²) in [6, 6.07) is 9.21. The van der Waals surface area contributed by atoms with Gasteiger partial charge in [0.2, 0.25) is 6.69 Å². The summed E-state index contributed by atoms with van der Waals surface area (Å²) in [7, 11) is 0. The summed E-state index contributed by atoms with van der Waals surface area (Å²) >= 11 is 18.0. The Kier molecular flexibility index (Phi) is 4.97. The van der Waals surface area contributed by atoms with Gasteiger partial charge in [-0.25, -0.2) is 0 Å². The van der Waals surface area contributed by atoms with Crippen molar-refractivity contribution < 1.29 is 0 Å². The molecule has 0 amide bonds. The van der Waals surface area contributed by atoms with Crippen molar-refractivity contribution in [2.45, 2.75) is 31.3 Å². The summed E-state index contributed by atoms with van der Waals surface area (Å²) in [5, 5.41) is 0. The van der Waals surface area contributed by atoms with E-state index >= 15 is 0 Å². The first kappa shape index (κ1) is 13.4. The number of hydrogen-bond donors (Lipinski definition) is 0. The molecule has 1 aromatic rings. The second kappa shape index (κ2) is 5.58. The van der Waals surface area contributed by atoms with Crippen molar-refractivity contribution in [3.63, 3.8) is 0 Å². The van der Waals surface area contributed by atoms with Gasteiger partial charge in [-0.05, 0) is 29.6 Å². The topological polar surface area (TPSA) is 0 Å². The van der Waals surface area contributed by atoms with Crippen LogP contribution in [0.25, 0.3) is 0 Å². The van der Waals surface area contributed by atoms with Crippen LogP contribution >= 0.6 is 33.8 Å². The van der Waals surface area contributed by atoms with Crippen molar-refractivity contribution in [1.82, 2.24) is 0 Å². The smallest absolute Gasteiger partial charge is 0.146 e. The molecule has 0 aliphatic rings. The van der Waals surface area contributed by atoms with Gasteiger partial charge in [-0.15, -0.1) is 33.8 Å². The van der Waals surface area contributed by atoms with Crippen molar-refractivity contribution in [2.75, 3.05) is 0 Å². The van der Waals surface area contributed by atoms with E-state index in [2.05, 4.69) is 31.2 Å². The molecule has 15 heavy (non-hydrogen) atoms. The van der Waals surface area contributed by atoms with Gasteiger partial charge in [0.05, 0.1) is 0 Å². The molecule has 0 aromatic heterocycles. The average molecular weight is 282 g/mol. The van der Waals surface area contributed by atoms with Gasteiger partial charge in [-0.1, -0.05) is 31.2 Å². The Labute approximate surface area is 107 Å². The minimum Gasteiger partial charge on any atom is -0.146 e. The van der Waals surface area contributed by atoms with Crippen LogP contribution in [0, 0.1) is 0 Å². The maximum absolute atomic E-state index is 6.12. The van der Waals surface area contributed by atoms with Gasteiger partial charge in [0.25, 0.3) is 0 Å². The first-order valence-electron chi connectivity index (χ1n) is 4.95. The van der Waals surface area contributed by atoms with Crippen LogP contribution in [0.1, 0.15) is 24.0 Å². The zero-order chi connectivity index (χ0) is 11.5. The summed E-state index contributed by atoms with van der Waals surface area (Å²) in [6.45, 7) is 2.11. The highest BCUT2D eigenvalue weighted by Gasteiger charge is 2.24. The van der Waals surface area contributed by atoms with Crippen LogP contribution in [-0.2, 0) is 5.88 Å². The highest BCUT2D eigenvalue weighted by Crippen LogP contribution is 2.31. The van der Waals surface area contributed by atoms with Gasteiger partial charge < -0.3 is 0 Å². The highest BCUT2D eigenvalue weighted by molar-refractivity contribution is 7.44. The van der Waals surface area contributed by atoms with Crippen LogP contribution in [0.4, 0.5) is 0 Å². The summed E-state index contributed by atoms with van der Waals surface area (Å²) in [5.41, 5.74) is 2.42. The summed E-state index contributed by atoms with van der Waals surface area (Å²) < 4.78 is 0. The Hall–Kier alpha value is 0.307. The van der Waals surface area contributed by atoms with E-state index in [1.54, 1.807) is 0 Å². The highest BCUT2D eigenvalue weighted by atomic mass is 35.7. The second-order valence-corrected chi connectivity index (χ2v) is 12.5. The molecule has 1 unspecified atom stereocenters. The molecule has 0 N–H and O–H groups in total. The minimum absolute atomic E-state index is 0.418. The Morgan fingerprint density at radius 3 is 2.13 bits per heavy atom. The van der Waals surface area contributed by atoms with Crippen molar-refractivity contribution >= 4 is 40.5 Å². The predicted octanol–water partition coefficient (Wildman–Crippen LogP) is 5.08. The molecule has 4 heteroatoms. The quantitative estimate of drug-likeness (QED) is 0.410. The van der Waals surface area contributed by atoms with E-state index in [9.17, 15) is 0 Å². The summed E-state index contributed by atoms with van der Waals surface area (Å²) in [4.78, 5) is 0. The Morgan fingerprint density at radius 1 is 1.20 bits per heavy atom. The van der Waals surface area contributed by atoms with Crippen LogP contribution in [0.15, 0.2) is 24.3 Å². The van der Waals surface area contributed by atoms with Gasteiger partial charge in [-0.2, -0.15) is 0 Å². The number of alkyl halides is 1. The zero-order valence-electron chi connectivity index (χ0n) is 8.93. The second-order valence-electron chi connectivity index (χ2n) is 4.05. The molecule has 0 fully saturated rings. The molecule has 1 aromatic carbocycles. The van der Waals surface area contributed by atoms with Crippen molar-refractivity contribution in [2.24, 2.45) is 0 Å². The van der Waals surface area contributed by atoms with Crippen molar-refractivity contribution in [3.05, 3.63) is 35.4 Å². The molecule has 0 heterocycles. The van der Waals surface area contributed by atoms with E-state index in [0.717, 1.165) is 11.6 Å². The SMILES string of the molecule is CC(C[Si](C)(Cl)Cl)c1ccc(CCl)cc1. The lowest BCUT2D eigenvalue weighted by Crippen LogP contribution is -2.15. The monoisotopic (exact) mass is 280 g/mol. The fraction of sp³-hybridized carbons (Fsp3) is 0.455. The predicted molar refractivity (Wildman–Crippen MR) is 72.5 cm³/mol. The van der Waals surface area contributed by atoms with E-state index in [0.29, 0.717) is 11.8 Å². The third kappa shape index (κ3) is 4.77. The van der Waals surface area contributed by atoms with E-state index in [4.69, 9.17) is 33.8 Å². The van der Waals surface area contributed by atoms with Gasteiger partial charge in [0.1, 0.15) is 0 Å². The molecule has 0 bridgehead atoms. The summed E-state index contributed by atoms with van der Waals surface area (Å²) in [5.74, 6) is 0.979. The number of hydrogen-bond acceptors (Lipinski definition) is 0. The van der Waals surface area contributed by atoms with Crippen LogP contribution in [-0.4, -0.2) is 6.69 Å². The molecular weight excluding hydrogens is 267 g/mol. The molecule has 1 atom stereocenters. The molecule has 0 saturated heterocycles. The maximum Gasteiger partial charge on any atom is 0.249 e. The molecule has 0 saturated carbocycles. The van der Waals surface area contributed by atoms with Crippen LogP contribution in [0.2, 0.25) is 12.6 Å². The largest absolute Gasteiger partial charge is 0.249 e. The number of rotatable bonds is 4. The molecule has 0 spiro atoms. The van der Waals surface area contributed by atoms with Crippen LogP contribution < -0.4 is 0 Å². The molecular formula is C11H15Cl3Si. The Morgan fingerprint density at radius 2 is 1.73 bits per heavy atom. The first-order valence-corrected chi connectivity index (χ1v) is 10.2. The van der Waals surface area contributed by atoms with E-state index in [1.165, 1.54) is 5.56 Å². The third-order valence-electron chi connectivity index (χ3n) is 2.37. The van der Waals surface area contributed by atoms with E-state index < -0.39 is 6.69 Å². The Balaban J connectivity index is 2.70. The Bertz CT molecular complexity index is 303. The standard InChI is InChI=1S/C11H15Cl3Si/c1-9(8-15(2,13)14)11-5-3-10(7-12)4-6-11/h3-6,9H,7-8H2,1-2H3. The minimum atomic E-state index is -2.01. The van der Waals surface area contributed by atoms with Gasteiger partial charge >= 0.3 is 0 Å². The molecule has 1 rings (SSSR count). The molecule has 0 nitrogen and oxygen atoms in total. The molecule has 84 valence electrons. The fourth-order valence-corrected chi connectivity index (χ4v) is 4.47. The number of halogens is 3. The first-order chi connectivity index (χ1) is 6.92. The van der Waals surface area contributed by atoms with Crippen LogP contribution in [0.3, 0.4) is 0 Å². The average Bonchev–Trinajstić information content (AvgIpc) is 2.15. The van der Waals surface area contributed by atoms with Gasteiger partial charge in [-0.3, -0.25) is 0 Å². The molecule has 0 aliphatic carbocycles. The lowest BCUT2D eigenvalue weighted by molar-refractivity contribution is 0.854. The van der Waals surface area contributed by atoms with Crippen molar-refractivity contribution in [3.8, 4) is 0 Å². The van der Waals surface area contributed by atoms with E-state index in [1.807, 2.05) is 6.55 Å². The lowest BCUT2D eigenvalue weighted by atomic mass is 10.0. The molecule has 0 aliphatic heterocycles.